The summed E-state index contributed by atoms with van der Waals surface area (Å²) >= 11 is 7.37. The second-order valence-electron chi connectivity index (χ2n) is 9.92. The molecule has 9 nitrogen and oxygen atoms in total. The first-order valence-electron chi connectivity index (χ1n) is 13.6. The van der Waals surface area contributed by atoms with E-state index in [-0.39, 0.29) is 17.2 Å². The average molecular weight is 621 g/mol. The van der Waals surface area contributed by atoms with Gasteiger partial charge in [-0.25, -0.2) is 14.6 Å². The number of methoxy groups -OCH3 is 1. The number of fused-ring (bicyclic) bond motifs is 1. The molecule has 0 saturated carbocycles. The van der Waals surface area contributed by atoms with Gasteiger partial charge in [-0.1, -0.05) is 35.1 Å². The van der Waals surface area contributed by atoms with Gasteiger partial charge >= 0.3 is 11.9 Å². The Morgan fingerprint density at radius 1 is 1.12 bits per heavy atom. The molecule has 0 N–H and O–H groups in total. The highest BCUT2D eigenvalue weighted by molar-refractivity contribution is 7.07. The fourth-order valence-electron chi connectivity index (χ4n) is 4.80. The van der Waals surface area contributed by atoms with Crippen LogP contribution in [0.5, 0.6) is 5.75 Å². The lowest BCUT2D eigenvalue weighted by molar-refractivity contribution is -0.143. The molecule has 1 atom stereocenters. The Kier molecular flexibility index (Phi) is 8.70. The Bertz CT molecular complexity index is 1920. The van der Waals surface area contributed by atoms with Crippen LogP contribution in [-0.4, -0.2) is 36.3 Å². The van der Waals surface area contributed by atoms with E-state index < -0.39 is 18.0 Å². The molecular formula is C32H29ClN2O7S. The Labute approximate surface area is 256 Å². The molecule has 3 heterocycles. The number of aromatic nitrogens is 1. The monoisotopic (exact) mass is 620 g/mol. The number of esters is 2. The molecule has 222 valence electrons. The molecule has 2 aromatic carbocycles. The average Bonchev–Trinajstić information content (AvgIpc) is 3.56. The summed E-state index contributed by atoms with van der Waals surface area (Å²) in [5.41, 5.74) is 1.86. The van der Waals surface area contributed by atoms with Crippen molar-refractivity contribution in [3.8, 4) is 17.1 Å². The molecule has 0 amide bonds. The summed E-state index contributed by atoms with van der Waals surface area (Å²) in [5, 5.41) is 0.422. The van der Waals surface area contributed by atoms with E-state index >= 15 is 0 Å². The van der Waals surface area contributed by atoms with Crippen LogP contribution in [0.25, 0.3) is 17.4 Å². The van der Waals surface area contributed by atoms with Gasteiger partial charge in [-0.3, -0.25) is 9.36 Å². The summed E-state index contributed by atoms with van der Waals surface area (Å²) in [6.07, 6.45) is 1.25. The van der Waals surface area contributed by atoms with E-state index in [0.29, 0.717) is 60.6 Å². The van der Waals surface area contributed by atoms with Crippen LogP contribution in [0.3, 0.4) is 0 Å². The summed E-state index contributed by atoms with van der Waals surface area (Å²) in [6, 6.07) is 14.7. The van der Waals surface area contributed by atoms with Gasteiger partial charge in [-0.2, -0.15) is 0 Å². The Morgan fingerprint density at radius 3 is 2.53 bits per heavy atom. The molecule has 5 rings (SSSR count). The number of halogens is 1. The van der Waals surface area contributed by atoms with Gasteiger partial charge in [0.15, 0.2) is 4.80 Å². The smallest absolute Gasteiger partial charge is 0.338 e. The summed E-state index contributed by atoms with van der Waals surface area (Å²) < 4.78 is 23.9. The van der Waals surface area contributed by atoms with Crippen LogP contribution in [0, 0.1) is 0 Å². The van der Waals surface area contributed by atoms with Crippen LogP contribution < -0.4 is 19.6 Å². The van der Waals surface area contributed by atoms with Crippen LogP contribution >= 0.6 is 22.9 Å². The lowest BCUT2D eigenvalue weighted by atomic mass is 9.96. The molecule has 0 bridgehead atoms. The van der Waals surface area contributed by atoms with Gasteiger partial charge in [-0.05, 0) is 75.7 Å². The third-order valence-corrected chi connectivity index (χ3v) is 7.86. The molecule has 0 radical (unpaired) electrons. The standard InChI is InChI=1S/C32H29ClN2O7S/c1-6-40-21-10-7-19(8-11-21)28-27(31(38)41-17(2)3)18(4)34-32-35(28)29(36)26(43-32)16-22-12-14-25(42-22)24-15-20(33)9-13-23(24)30(37)39-5/h7-17,28H,6H2,1-5H3/b26-16-/t28-/m0/s1. The van der Waals surface area contributed by atoms with Gasteiger partial charge in [0.2, 0.25) is 0 Å². The number of benzene rings is 2. The number of nitrogens with zero attached hydrogens (tertiary/aromatic N) is 2. The van der Waals surface area contributed by atoms with E-state index in [4.69, 9.17) is 30.2 Å². The predicted octanol–water partition coefficient (Wildman–Crippen LogP) is 5.29. The number of ether oxygens (including phenoxy) is 3. The third kappa shape index (κ3) is 6.07. The third-order valence-electron chi connectivity index (χ3n) is 6.64. The highest BCUT2D eigenvalue weighted by Crippen LogP contribution is 2.32. The maximum absolute atomic E-state index is 13.9. The van der Waals surface area contributed by atoms with Crippen molar-refractivity contribution in [3.63, 3.8) is 0 Å². The molecule has 0 fully saturated rings. The highest BCUT2D eigenvalue weighted by Gasteiger charge is 2.34. The number of furan rings is 1. The minimum atomic E-state index is -0.762. The molecular weight excluding hydrogens is 592 g/mol. The van der Waals surface area contributed by atoms with Gasteiger partial charge in [0.25, 0.3) is 5.56 Å². The maximum Gasteiger partial charge on any atom is 0.338 e. The Balaban J connectivity index is 1.62. The van der Waals surface area contributed by atoms with E-state index in [1.807, 2.05) is 19.1 Å². The quantitative estimate of drug-likeness (QED) is 0.246. The fourth-order valence-corrected chi connectivity index (χ4v) is 6.00. The van der Waals surface area contributed by atoms with Crippen molar-refractivity contribution in [2.45, 2.75) is 39.8 Å². The van der Waals surface area contributed by atoms with E-state index in [1.165, 1.54) is 23.0 Å². The maximum atomic E-state index is 13.9. The summed E-state index contributed by atoms with van der Waals surface area (Å²) in [5.74, 6) is 0.360. The van der Waals surface area contributed by atoms with Crippen molar-refractivity contribution in [3.05, 3.63) is 107 Å². The molecule has 1 aliphatic heterocycles. The van der Waals surface area contributed by atoms with Gasteiger partial charge in [0, 0.05) is 16.7 Å². The van der Waals surface area contributed by atoms with Crippen molar-refractivity contribution < 1.29 is 28.2 Å². The fraction of sp³-hybridized carbons (Fsp3) is 0.250. The van der Waals surface area contributed by atoms with Crippen LogP contribution in [0.1, 0.15) is 55.4 Å². The first-order chi connectivity index (χ1) is 20.6. The largest absolute Gasteiger partial charge is 0.494 e. The lowest BCUT2D eigenvalue weighted by Gasteiger charge is -2.25. The van der Waals surface area contributed by atoms with Gasteiger partial charge in [0.1, 0.15) is 17.3 Å². The number of carbonyl (C=O) groups is 2. The molecule has 2 aromatic heterocycles. The summed E-state index contributed by atoms with van der Waals surface area (Å²) in [6.45, 7) is 7.68. The number of thiazole rings is 1. The van der Waals surface area contributed by atoms with Crippen molar-refractivity contribution in [2.75, 3.05) is 13.7 Å². The van der Waals surface area contributed by atoms with E-state index in [1.54, 1.807) is 69.3 Å². The number of allylic oxidation sites excluding steroid dienone is 1. The topological polar surface area (TPSA) is 109 Å². The predicted molar refractivity (Wildman–Crippen MR) is 163 cm³/mol. The van der Waals surface area contributed by atoms with Gasteiger partial charge < -0.3 is 18.6 Å². The van der Waals surface area contributed by atoms with Crippen molar-refractivity contribution >= 4 is 41.0 Å². The van der Waals surface area contributed by atoms with Gasteiger partial charge in [0.05, 0.1) is 47.2 Å². The van der Waals surface area contributed by atoms with E-state index in [9.17, 15) is 14.4 Å². The number of carbonyl (C=O) groups excluding carboxylic acids is 2. The second kappa shape index (κ2) is 12.4. The van der Waals surface area contributed by atoms with Gasteiger partial charge in [-0.15, -0.1) is 0 Å². The van der Waals surface area contributed by atoms with Crippen molar-refractivity contribution in [1.82, 2.24) is 4.57 Å². The first kappa shape index (κ1) is 30.1. The SMILES string of the molecule is CCOc1ccc([C@H]2C(C(=O)OC(C)C)=C(C)N=c3s/c(=C\c4ccc(-c5cc(Cl)ccc5C(=O)OC)o4)c(=O)n32)cc1. The zero-order chi connectivity index (χ0) is 30.8. The molecule has 43 heavy (non-hydrogen) atoms. The molecule has 0 spiro atoms. The van der Waals surface area contributed by atoms with Crippen LogP contribution in [0.2, 0.25) is 5.02 Å². The molecule has 4 aromatic rings. The van der Waals surface area contributed by atoms with Crippen molar-refractivity contribution in [1.29, 1.82) is 0 Å². The van der Waals surface area contributed by atoms with Crippen LogP contribution in [-0.2, 0) is 14.3 Å². The molecule has 11 heteroatoms. The second-order valence-corrected chi connectivity index (χ2v) is 11.4. The van der Waals surface area contributed by atoms with Crippen molar-refractivity contribution in [2.24, 2.45) is 4.99 Å². The highest BCUT2D eigenvalue weighted by atomic mass is 35.5. The van der Waals surface area contributed by atoms with E-state index in [0.717, 1.165) is 0 Å². The first-order valence-corrected chi connectivity index (χ1v) is 14.7. The zero-order valence-corrected chi connectivity index (χ0v) is 25.7. The number of hydrogen-bond donors (Lipinski definition) is 0. The van der Waals surface area contributed by atoms with Crippen LogP contribution in [0.4, 0.5) is 0 Å². The van der Waals surface area contributed by atoms with Crippen LogP contribution in [0.15, 0.2) is 80.1 Å². The summed E-state index contributed by atoms with van der Waals surface area (Å²) in [7, 11) is 1.30. The number of rotatable bonds is 8. The summed E-state index contributed by atoms with van der Waals surface area (Å²) in [4.78, 5) is 44.6. The normalized spacial score (nSPS) is 14.9. The van der Waals surface area contributed by atoms with E-state index in [2.05, 4.69) is 4.99 Å². The molecule has 0 unspecified atom stereocenters. The Hall–Kier alpha value is -4.41. The molecule has 0 aliphatic carbocycles. The number of hydrogen-bond acceptors (Lipinski definition) is 9. The zero-order valence-electron chi connectivity index (χ0n) is 24.2. The Morgan fingerprint density at radius 2 is 1.86 bits per heavy atom. The minimum absolute atomic E-state index is 0.286. The molecule has 0 saturated heterocycles. The minimum Gasteiger partial charge on any atom is -0.494 e. The lowest BCUT2D eigenvalue weighted by Crippen LogP contribution is -2.40. The molecule has 1 aliphatic rings.